The number of esters is 1. The van der Waals surface area contributed by atoms with Crippen molar-refractivity contribution in [3.63, 3.8) is 0 Å². The third kappa shape index (κ3) is 4.55. The molecule has 0 spiro atoms. The Kier molecular flexibility index (Phi) is 5.02. The fourth-order valence-corrected chi connectivity index (χ4v) is 2.24. The average molecular weight is 370 g/mol. The second kappa shape index (κ2) is 7.26. The van der Waals surface area contributed by atoms with Crippen molar-refractivity contribution in [1.82, 2.24) is 30.3 Å². The molecule has 3 aromatic rings. The van der Waals surface area contributed by atoms with Crippen molar-refractivity contribution in [1.29, 1.82) is 0 Å². The van der Waals surface area contributed by atoms with Gasteiger partial charge in [-0.25, -0.2) is 4.79 Å². The van der Waals surface area contributed by atoms with E-state index in [0.717, 1.165) is 0 Å². The Morgan fingerprint density at radius 2 is 2.07 bits per heavy atom. The van der Waals surface area contributed by atoms with Gasteiger partial charge < -0.3 is 9.26 Å². The summed E-state index contributed by atoms with van der Waals surface area (Å²) in [5, 5.41) is 16.4. The predicted octanol–water partition coefficient (Wildman–Crippen LogP) is 2.63. The molecule has 0 unspecified atom stereocenters. The van der Waals surface area contributed by atoms with E-state index in [1.807, 2.05) is 20.8 Å². The molecule has 9 nitrogen and oxygen atoms in total. The third-order valence-electron chi connectivity index (χ3n) is 3.57. The average Bonchev–Trinajstić information content (AvgIpc) is 3.24. The summed E-state index contributed by atoms with van der Waals surface area (Å²) in [6.07, 6.45) is -0.187. The number of ether oxygens (including phenoxy) is 1. The molecule has 9 heteroatoms. The molecule has 2 aromatic heterocycles. The Balaban J connectivity index is 1.76. The van der Waals surface area contributed by atoms with Crippen molar-refractivity contribution in [2.75, 3.05) is 0 Å². The van der Waals surface area contributed by atoms with Gasteiger partial charge in [0.1, 0.15) is 6.54 Å². The highest BCUT2D eigenvalue weighted by Gasteiger charge is 2.21. The van der Waals surface area contributed by atoms with Crippen molar-refractivity contribution in [3.05, 3.63) is 41.5 Å². The second-order valence-electron chi connectivity index (χ2n) is 7.44. The SMILES string of the molecule is CC(C)OC(=O)c1cccc(-c2nnn(Cc3nc(C(C)(C)C)no3)n2)c1. The number of aromatic nitrogens is 6. The van der Waals surface area contributed by atoms with Crippen molar-refractivity contribution in [2.45, 2.75) is 52.7 Å². The molecule has 1 aromatic carbocycles. The van der Waals surface area contributed by atoms with Crippen LogP contribution in [0.2, 0.25) is 0 Å². The quantitative estimate of drug-likeness (QED) is 0.631. The summed E-state index contributed by atoms with van der Waals surface area (Å²) < 4.78 is 10.5. The van der Waals surface area contributed by atoms with Crippen LogP contribution >= 0.6 is 0 Å². The lowest BCUT2D eigenvalue weighted by Crippen LogP contribution is -2.13. The van der Waals surface area contributed by atoms with Crippen LogP contribution in [-0.2, 0) is 16.7 Å². The monoisotopic (exact) mass is 370 g/mol. The number of tetrazole rings is 1. The van der Waals surface area contributed by atoms with Gasteiger partial charge in [-0.05, 0) is 31.2 Å². The Labute approximate surface area is 156 Å². The summed E-state index contributed by atoms with van der Waals surface area (Å²) in [4.78, 5) is 17.8. The van der Waals surface area contributed by atoms with Gasteiger partial charge in [-0.2, -0.15) is 9.78 Å². The number of benzene rings is 1. The van der Waals surface area contributed by atoms with Gasteiger partial charge in [0.05, 0.1) is 11.7 Å². The summed E-state index contributed by atoms with van der Waals surface area (Å²) >= 11 is 0. The molecule has 0 atom stereocenters. The fourth-order valence-electron chi connectivity index (χ4n) is 2.24. The van der Waals surface area contributed by atoms with E-state index < -0.39 is 0 Å². The standard InChI is InChI=1S/C18H22N6O3/c1-11(2)26-16(25)13-8-6-7-12(9-13)15-20-23-24(21-15)10-14-19-17(22-27-14)18(3,4)5/h6-9,11H,10H2,1-5H3. The maximum absolute atomic E-state index is 12.1. The first kappa shape index (κ1) is 18.7. The van der Waals surface area contributed by atoms with Crippen molar-refractivity contribution in [2.24, 2.45) is 0 Å². The van der Waals surface area contributed by atoms with E-state index in [0.29, 0.717) is 28.7 Å². The normalized spacial score (nSPS) is 11.8. The Bertz CT molecular complexity index is 938. The first-order chi connectivity index (χ1) is 12.7. The highest BCUT2D eigenvalue weighted by atomic mass is 16.5. The van der Waals surface area contributed by atoms with E-state index in [1.165, 1.54) is 4.80 Å². The van der Waals surface area contributed by atoms with E-state index >= 15 is 0 Å². The lowest BCUT2D eigenvalue weighted by molar-refractivity contribution is 0.0378. The fraction of sp³-hybridized carbons (Fsp3) is 0.444. The van der Waals surface area contributed by atoms with Crippen LogP contribution in [0.15, 0.2) is 28.8 Å². The minimum absolute atomic E-state index is 0.187. The van der Waals surface area contributed by atoms with Gasteiger partial charge >= 0.3 is 5.97 Å². The number of rotatable bonds is 5. The van der Waals surface area contributed by atoms with E-state index in [9.17, 15) is 4.79 Å². The third-order valence-corrected chi connectivity index (χ3v) is 3.57. The zero-order valence-electron chi connectivity index (χ0n) is 16.0. The Hall–Kier alpha value is -3.10. The molecule has 142 valence electrons. The van der Waals surface area contributed by atoms with Crippen molar-refractivity contribution in [3.8, 4) is 11.4 Å². The van der Waals surface area contributed by atoms with Gasteiger partial charge in [0.2, 0.25) is 11.7 Å². The highest BCUT2D eigenvalue weighted by Crippen LogP contribution is 2.19. The molecule has 0 aliphatic rings. The number of carbonyl (C=O) groups excluding carboxylic acids is 1. The topological polar surface area (TPSA) is 109 Å². The van der Waals surface area contributed by atoms with Gasteiger partial charge in [-0.1, -0.05) is 38.1 Å². The van der Waals surface area contributed by atoms with E-state index in [4.69, 9.17) is 9.26 Å². The van der Waals surface area contributed by atoms with Gasteiger partial charge in [0.25, 0.3) is 0 Å². The van der Waals surface area contributed by atoms with Gasteiger partial charge in [0, 0.05) is 11.0 Å². The van der Waals surface area contributed by atoms with Crippen LogP contribution in [0.25, 0.3) is 11.4 Å². The maximum Gasteiger partial charge on any atom is 0.338 e. The summed E-state index contributed by atoms with van der Waals surface area (Å²) in [5.74, 6) is 1.02. The van der Waals surface area contributed by atoms with Crippen molar-refractivity contribution >= 4 is 5.97 Å². The molecule has 27 heavy (non-hydrogen) atoms. The largest absolute Gasteiger partial charge is 0.459 e. The second-order valence-corrected chi connectivity index (χ2v) is 7.44. The number of carbonyl (C=O) groups is 1. The molecule has 0 N–H and O–H groups in total. The molecule has 0 radical (unpaired) electrons. The van der Waals surface area contributed by atoms with Gasteiger partial charge in [-0.3, -0.25) is 0 Å². The summed E-state index contributed by atoms with van der Waals surface area (Å²) in [6.45, 7) is 9.83. The molecule has 3 rings (SSSR count). The first-order valence-corrected chi connectivity index (χ1v) is 8.64. The molecule has 0 saturated heterocycles. The first-order valence-electron chi connectivity index (χ1n) is 8.64. The summed E-state index contributed by atoms with van der Waals surface area (Å²) in [6, 6.07) is 6.92. The summed E-state index contributed by atoms with van der Waals surface area (Å²) in [5.41, 5.74) is 0.901. The molecular formula is C18H22N6O3. The lowest BCUT2D eigenvalue weighted by Gasteiger charge is -2.10. The van der Waals surface area contributed by atoms with E-state index in [1.54, 1.807) is 38.1 Å². The molecule has 0 bridgehead atoms. The highest BCUT2D eigenvalue weighted by molar-refractivity contribution is 5.90. The smallest absolute Gasteiger partial charge is 0.338 e. The van der Waals surface area contributed by atoms with Crippen LogP contribution in [0.3, 0.4) is 0 Å². The minimum atomic E-state index is -0.389. The zero-order valence-corrected chi connectivity index (χ0v) is 16.0. The zero-order chi connectivity index (χ0) is 19.6. The Morgan fingerprint density at radius 3 is 2.74 bits per heavy atom. The van der Waals surface area contributed by atoms with Gasteiger partial charge in [-0.15, -0.1) is 10.2 Å². The molecule has 0 aliphatic carbocycles. The van der Waals surface area contributed by atoms with E-state index in [2.05, 4.69) is 25.6 Å². The number of hydrogen-bond acceptors (Lipinski definition) is 8. The number of nitrogens with zero attached hydrogens (tertiary/aromatic N) is 6. The minimum Gasteiger partial charge on any atom is -0.459 e. The molecule has 0 saturated carbocycles. The number of hydrogen-bond donors (Lipinski definition) is 0. The Morgan fingerprint density at radius 1 is 1.30 bits per heavy atom. The van der Waals surface area contributed by atoms with Crippen LogP contribution in [0.1, 0.15) is 56.7 Å². The molecule has 0 aliphatic heterocycles. The van der Waals surface area contributed by atoms with Crippen LogP contribution in [0.5, 0.6) is 0 Å². The molecule has 0 fully saturated rings. The van der Waals surface area contributed by atoms with Crippen LogP contribution in [-0.4, -0.2) is 42.4 Å². The van der Waals surface area contributed by atoms with Crippen LogP contribution < -0.4 is 0 Å². The van der Waals surface area contributed by atoms with E-state index in [-0.39, 0.29) is 24.0 Å². The summed E-state index contributed by atoms with van der Waals surface area (Å²) in [7, 11) is 0. The van der Waals surface area contributed by atoms with Crippen LogP contribution in [0, 0.1) is 0 Å². The van der Waals surface area contributed by atoms with Gasteiger partial charge in [0.15, 0.2) is 5.82 Å². The van der Waals surface area contributed by atoms with Crippen molar-refractivity contribution < 1.29 is 14.1 Å². The maximum atomic E-state index is 12.1. The predicted molar refractivity (Wildman–Crippen MR) is 95.9 cm³/mol. The molecule has 0 amide bonds. The van der Waals surface area contributed by atoms with Crippen LogP contribution in [0.4, 0.5) is 0 Å². The molecular weight excluding hydrogens is 348 g/mol. The molecule has 2 heterocycles. The lowest BCUT2D eigenvalue weighted by atomic mass is 9.96.